The molecule has 0 N–H and O–H groups in total. The molecule has 3 nitrogen and oxygen atoms in total. The minimum atomic E-state index is -0.382. The molecular formula is C25H25NO2. The second-order valence-corrected chi connectivity index (χ2v) is 6.99. The number of ether oxygens (including phenoxy) is 1. The maximum absolute atomic E-state index is 11.9. The number of esters is 1. The van der Waals surface area contributed by atoms with Crippen LogP contribution in [0.25, 0.3) is 0 Å². The van der Waals surface area contributed by atoms with E-state index < -0.39 is 0 Å². The number of benzene rings is 3. The quantitative estimate of drug-likeness (QED) is 0.371. The molecule has 0 aliphatic carbocycles. The van der Waals surface area contributed by atoms with Gasteiger partial charge in [0.25, 0.3) is 0 Å². The Morgan fingerprint density at radius 2 is 1.36 bits per heavy atom. The molecule has 0 unspecified atom stereocenters. The third-order valence-corrected chi connectivity index (χ3v) is 4.52. The number of nitrogens with zero attached hydrogens (tertiary/aromatic N) is 1. The van der Waals surface area contributed by atoms with Crippen molar-refractivity contribution in [2.75, 3.05) is 4.90 Å². The minimum absolute atomic E-state index is 0.191. The van der Waals surface area contributed by atoms with Gasteiger partial charge < -0.3 is 9.64 Å². The molecule has 0 spiro atoms. The molecule has 28 heavy (non-hydrogen) atoms. The molecule has 0 aromatic heterocycles. The number of carbonyl (C=O) groups excluding carboxylic acids is 1. The van der Waals surface area contributed by atoms with E-state index in [0.717, 1.165) is 22.6 Å². The summed E-state index contributed by atoms with van der Waals surface area (Å²) in [5.41, 5.74) is 6.81. The molecule has 0 saturated heterocycles. The third kappa shape index (κ3) is 4.49. The molecule has 0 heterocycles. The van der Waals surface area contributed by atoms with Gasteiger partial charge in [-0.3, -0.25) is 0 Å². The lowest BCUT2D eigenvalue weighted by Gasteiger charge is -2.28. The van der Waals surface area contributed by atoms with Gasteiger partial charge in [0.05, 0.1) is 5.69 Å². The average molecular weight is 371 g/mol. The van der Waals surface area contributed by atoms with Crippen LogP contribution >= 0.6 is 0 Å². The van der Waals surface area contributed by atoms with Crippen LogP contribution in [0, 0.1) is 13.8 Å². The topological polar surface area (TPSA) is 29.5 Å². The molecule has 0 radical (unpaired) electrons. The first-order chi connectivity index (χ1) is 13.5. The Balaban J connectivity index is 2.05. The van der Waals surface area contributed by atoms with Crippen LogP contribution in [0.1, 0.15) is 23.6 Å². The Hall–Kier alpha value is -3.33. The van der Waals surface area contributed by atoms with E-state index in [1.54, 1.807) is 6.92 Å². The van der Waals surface area contributed by atoms with Crippen LogP contribution in [-0.4, -0.2) is 5.97 Å². The Bertz CT molecular complexity index is 927. The summed E-state index contributed by atoms with van der Waals surface area (Å²) in [5.74, 6) is -0.382. The van der Waals surface area contributed by atoms with E-state index in [-0.39, 0.29) is 12.6 Å². The molecule has 0 aliphatic heterocycles. The number of carbonyl (C=O) groups is 1. The van der Waals surface area contributed by atoms with E-state index in [2.05, 4.69) is 73.9 Å². The summed E-state index contributed by atoms with van der Waals surface area (Å²) >= 11 is 0. The summed E-state index contributed by atoms with van der Waals surface area (Å²) in [6.45, 7) is 9.64. The maximum atomic E-state index is 11.9. The number of para-hydroxylation sites is 1. The summed E-state index contributed by atoms with van der Waals surface area (Å²) in [4.78, 5) is 14.1. The first-order valence-corrected chi connectivity index (χ1v) is 9.29. The average Bonchev–Trinajstić information content (AvgIpc) is 2.70. The Morgan fingerprint density at radius 1 is 0.857 bits per heavy atom. The van der Waals surface area contributed by atoms with Gasteiger partial charge in [0.2, 0.25) is 0 Å². The van der Waals surface area contributed by atoms with Gasteiger partial charge in [-0.25, -0.2) is 4.79 Å². The van der Waals surface area contributed by atoms with Crippen LogP contribution in [-0.2, 0) is 16.1 Å². The monoisotopic (exact) mass is 371 g/mol. The zero-order valence-electron chi connectivity index (χ0n) is 16.6. The molecule has 0 fully saturated rings. The van der Waals surface area contributed by atoms with Gasteiger partial charge in [-0.05, 0) is 51.1 Å². The van der Waals surface area contributed by atoms with Crippen LogP contribution in [0.2, 0.25) is 0 Å². The van der Waals surface area contributed by atoms with Crippen molar-refractivity contribution in [3.63, 3.8) is 0 Å². The molecule has 142 valence electrons. The van der Waals surface area contributed by atoms with Crippen LogP contribution < -0.4 is 4.90 Å². The van der Waals surface area contributed by atoms with Crippen molar-refractivity contribution in [1.29, 1.82) is 0 Å². The lowest BCUT2D eigenvalue weighted by atomic mass is 10.1. The van der Waals surface area contributed by atoms with Gasteiger partial charge in [-0.1, -0.05) is 60.2 Å². The second-order valence-electron chi connectivity index (χ2n) is 6.99. The van der Waals surface area contributed by atoms with E-state index in [1.807, 2.05) is 24.3 Å². The zero-order chi connectivity index (χ0) is 20.1. The first kappa shape index (κ1) is 19.4. The first-order valence-electron chi connectivity index (χ1n) is 9.29. The number of anilines is 3. The molecule has 0 atom stereocenters. The Kier molecular flexibility index (Phi) is 5.95. The summed E-state index contributed by atoms with van der Waals surface area (Å²) in [6, 6.07) is 24.8. The highest BCUT2D eigenvalue weighted by atomic mass is 16.5. The third-order valence-electron chi connectivity index (χ3n) is 4.52. The van der Waals surface area contributed by atoms with E-state index in [0.29, 0.717) is 5.57 Å². The Labute approximate surface area is 166 Å². The smallest absolute Gasteiger partial charge is 0.333 e. The molecule has 0 saturated carbocycles. The van der Waals surface area contributed by atoms with E-state index in [4.69, 9.17) is 4.74 Å². The highest BCUT2D eigenvalue weighted by Gasteiger charge is 2.16. The fourth-order valence-corrected chi connectivity index (χ4v) is 2.93. The van der Waals surface area contributed by atoms with Crippen molar-refractivity contribution >= 4 is 23.0 Å². The van der Waals surface area contributed by atoms with Crippen molar-refractivity contribution in [3.05, 3.63) is 102 Å². The lowest BCUT2D eigenvalue weighted by Crippen LogP contribution is -2.13. The molecule has 0 amide bonds. The summed E-state index contributed by atoms with van der Waals surface area (Å²) < 4.78 is 5.43. The van der Waals surface area contributed by atoms with E-state index in [1.165, 1.54) is 11.1 Å². The van der Waals surface area contributed by atoms with Gasteiger partial charge >= 0.3 is 5.97 Å². The van der Waals surface area contributed by atoms with E-state index >= 15 is 0 Å². The molecule has 0 aliphatic rings. The highest BCUT2D eigenvalue weighted by Crippen LogP contribution is 2.37. The molecular weight excluding hydrogens is 346 g/mol. The molecule has 3 rings (SSSR count). The van der Waals surface area contributed by atoms with Gasteiger partial charge in [0.1, 0.15) is 6.61 Å². The lowest BCUT2D eigenvalue weighted by molar-refractivity contribution is -0.140. The van der Waals surface area contributed by atoms with Crippen LogP contribution in [0.3, 0.4) is 0 Å². The SMILES string of the molecule is C=C(C)C(=O)OCc1ccccc1N(c1ccc(C)cc1)c1ccc(C)cc1. The van der Waals surface area contributed by atoms with Crippen molar-refractivity contribution in [1.82, 2.24) is 0 Å². The van der Waals surface area contributed by atoms with Crippen molar-refractivity contribution in [3.8, 4) is 0 Å². The van der Waals surface area contributed by atoms with Crippen LogP contribution in [0.5, 0.6) is 0 Å². The van der Waals surface area contributed by atoms with Crippen LogP contribution in [0.15, 0.2) is 84.9 Å². The van der Waals surface area contributed by atoms with Gasteiger partial charge in [0, 0.05) is 22.5 Å². The van der Waals surface area contributed by atoms with Crippen LogP contribution in [0.4, 0.5) is 17.1 Å². The Morgan fingerprint density at radius 3 is 1.86 bits per heavy atom. The fraction of sp³-hybridized carbons (Fsp3) is 0.160. The molecule has 3 aromatic rings. The second kappa shape index (κ2) is 8.57. The van der Waals surface area contributed by atoms with Crippen molar-refractivity contribution in [2.24, 2.45) is 0 Å². The summed E-state index contributed by atoms with van der Waals surface area (Å²) in [6.07, 6.45) is 0. The van der Waals surface area contributed by atoms with Crippen molar-refractivity contribution < 1.29 is 9.53 Å². The van der Waals surface area contributed by atoms with E-state index in [9.17, 15) is 4.79 Å². The number of hydrogen-bond acceptors (Lipinski definition) is 3. The molecule has 0 bridgehead atoms. The maximum Gasteiger partial charge on any atom is 0.333 e. The largest absolute Gasteiger partial charge is 0.457 e. The zero-order valence-corrected chi connectivity index (χ0v) is 16.6. The number of rotatable bonds is 6. The normalized spacial score (nSPS) is 10.4. The van der Waals surface area contributed by atoms with Crippen molar-refractivity contribution in [2.45, 2.75) is 27.4 Å². The molecule has 3 heteroatoms. The standard InChI is InChI=1S/C25H25NO2/c1-18(2)25(27)28-17-21-7-5-6-8-24(21)26(22-13-9-19(3)10-14-22)23-15-11-20(4)12-16-23/h5-16H,1,17H2,2-4H3. The number of hydrogen-bond donors (Lipinski definition) is 0. The van der Waals surface area contributed by atoms with Gasteiger partial charge in [-0.2, -0.15) is 0 Å². The van der Waals surface area contributed by atoms with Gasteiger partial charge in [0.15, 0.2) is 0 Å². The fourth-order valence-electron chi connectivity index (χ4n) is 2.93. The summed E-state index contributed by atoms with van der Waals surface area (Å²) in [7, 11) is 0. The highest BCUT2D eigenvalue weighted by molar-refractivity contribution is 5.87. The minimum Gasteiger partial charge on any atom is -0.457 e. The molecule has 3 aromatic carbocycles. The predicted molar refractivity (Wildman–Crippen MR) is 115 cm³/mol. The number of aryl methyl sites for hydroxylation is 2. The predicted octanol–water partition coefficient (Wildman–Crippen LogP) is 6.39. The summed E-state index contributed by atoms with van der Waals surface area (Å²) in [5, 5.41) is 0. The van der Waals surface area contributed by atoms with Gasteiger partial charge in [-0.15, -0.1) is 0 Å².